The van der Waals surface area contributed by atoms with Crippen LogP contribution in [0.25, 0.3) is 11.1 Å². The number of ether oxygens (including phenoxy) is 1. The Labute approximate surface area is 200 Å². The molecule has 0 aliphatic carbocycles. The van der Waals surface area contributed by atoms with E-state index in [0.29, 0.717) is 16.9 Å². The van der Waals surface area contributed by atoms with Gasteiger partial charge in [-0.1, -0.05) is 25.1 Å². The second-order valence-corrected chi connectivity index (χ2v) is 10.6. The molecule has 1 fully saturated rings. The topological polar surface area (TPSA) is 62.7 Å². The smallest absolute Gasteiger partial charge is 0.181 e. The van der Waals surface area contributed by atoms with Crippen molar-refractivity contribution in [2.45, 2.75) is 18.2 Å². The minimum atomic E-state index is -3.53. The molecule has 0 amide bonds. The molecule has 2 heterocycles. The zero-order chi connectivity index (χ0) is 24.1. The number of hydrogen-bond acceptors (Lipinski definition) is 6. The maximum absolute atomic E-state index is 13.5. The van der Waals surface area contributed by atoms with E-state index >= 15 is 0 Å². The maximum Gasteiger partial charge on any atom is 0.181 e. The monoisotopic (exact) mass is 483 g/mol. The van der Waals surface area contributed by atoms with Crippen molar-refractivity contribution < 1.29 is 17.5 Å². The molecule has 34 heavy (non-hydrogen) atoms. The van der Waals surface area contributed by atoms with E-state index in [2.05, 4.69) is 14.8 Å². The molecule has 6 nitrogen and oxygen atoms in total. The molecule has 0 spiro atoms. The summed E-state index contributed by atoms with van der Waals surface area (Å²) in [5.74, 6) is -0.0786. The minimum absolute atomic E-state index is 0.0308. The SMILES string of the molecule is CCS(=O)(=O)c1cc(N2CCN(CCc3ccccn3)CC2)cc(-c2ccc(F)cc2)c1OC. The molecular formula is C26H30FN3O3S. The van der Waals surface area contributed by atoms with Crippen molar-refractivity contribution in [3.8, 4) is 16.9 Å². The quantitative estimate of drug-likeness (QED) is 0.482. The molecular weight excluding hydrogens is 453 g/mol. The van der Waals surface area contributed by atoms with Gasteiger partial charge in [-0.25, -0.2) is 12.8 Å². The first-order valence-electron chi connectivity index (χ1n) is 11.5. The van der Waals surface area contributed by atoms with E-state index in [1.165, 1.54) is 19.2 Å². The Hall–Kier alpha value is -2.97. The van der Waals surface area contributed by atoms with Crippen LogP contribution >= 0.6 is 0 Å². The molecule has 0 radical (unpaired) electrons. The average Bonchev–Trinajstić information content (AvgIpc) is 2.88. The lowest BCUT2D eigenvalue weighted by Crippen LogP contribution is -2.47. The molecule has 0 bridgehead atoms. The van der Waals surface area contributed by atoms with Gasteiger partial charge in [-0.15, -0.1) is 0 Å². The fourth-order valence-electron chi connectivity index (χ4n) is 4.26. The van der Waals surface area contributed by atoms with Gasteiger partial charge in [0.05, 0.1) is 12.9 Å². The predicted octanol–water partition coefficient (Wildman–Crippen LogP) is 4.05. The summed E-state index contributed by atoms with van der Waals surface area (Å²) in [6, 6.07) is 15.7. The van der Waals surface area contributed by atoms with Crippen molar-refractivity contribution in [3.05, 3.63) is 72.3 Å². The maximum atomic E-state index is 13.5. The summed E-state index contributed by atoms with van der Waals surface area (Å²) < 4.78 is 45.0. The van der Waals surface area contributed by atoms with Crippen molar-refractivity contribution in [2.24, 2.45) is 0 Å². The van der Waals surface area contributed by atoms with E-state index in [0.717, 1.165) is 50.5 Å². The molecule has 4 rings (SSSR count). The van der Waals surface area contributed by atoms with Gasteiger partial charge in [-0.05, 0) is 42.0 Å². The summed E-state index contributed by atoms with van der Waals surface area (Å²) in [7, 11) is -2.06. The van der Waals surface area contributed by atoms with Crippen molar-refractivity contribution in [2.75, 3.05) is 50.5 Å². The zero-order valence-corrected chi connectivity index (χ0v) is 20.4. The molecule has 8 heteroatoms. The third-order valence-electron chi connectivity index (χ3n) is 6.26. The lowest BCUT2D eigenvalue weighted by Gasteiger charge is -2.36. The van der Waals surface area contributed by atoms with Crippen LogP contribution in [0.1, 0.15) is 12.6 Å². The van der Waals surface area contributed by atoms with Crippen LogP contribution in [0.15, 0.2) is 65.7 Å². The number of anilines is 1. The van der Waals surface area contributed by atoms with Crippen LogP contribution in [-0.2, 0) is 16.3 Å². The lowest BCUT2D eigenvalue weighted by molar-refractivity contribution is 0.260. The lowest BCUT2D eigenvalue weighted by atomic mass is 10.0. The first-order chi connectivity index (χ1) is 16.4. The number of hydrogen-bond donors (Lipinski definition) is 0. The molecule has 0 atom stereocenters. The van der Waals surface area contributed by atoms with Crippen LogP contribution in [0.2, 0.25) is 0 Å². The largest absolute Gasteiger partial charge is 0.495 e. The number of benzene rings is 2. The molecule has 1 saturated heterocycles. The Morgan fingerprint density at radius 3 is 2.38 bits per heavy atom. The number of aromatic nitrogens is 1. The van der Waals surface area contributed by atoms with Crippen molar-refractivity contribution in [1.29, 1.82) is 0 Å². The van der Waals surface area contributed by atoms with Gasteiger partial charge in [0, 0.05) is 62.3 Å². The highest BCUT2D eigenvalue weighted by atomic mass is 32.2. The summed E-state index contributed by atoms with van der Waals surface area (Å²) in [6.07, 6.45) is 2.72. The van der Waals surface area contributed by atoms with Gasteiger partial charge in [0.1, 0.15) is 16.5 Å². The standard InChI is InChI=1S/C26H30FN3O3S/c1-3-34(31,32)25-19-23(18-24(26(25)33-2)20-7-9-21(27)10-8-20)30-16-14-29(15-17-30)13-11-22-6-4-5-12-28-22/h4-10,12,18-19H,3,11,13-17H2,1-2H3. The summed E-state index contributed by atoms with van der Waals surface area (Å²) in [5, 5.41) is 0. The fourth-order valence-corrected chi connectivity index (χ4v) is 5.35. The second kappa shape index (κ2) is 10.5. The van der Waals surface area contributed by atoms with Crippen LogP contribution in [-0.4, -0.2) is 63.9 Å². The zero-order valence-electron chi connectivity index (χ0n) is 19.6. The third-order valence-corrected chi connectivity index (χ3v) is 8.00. The van der Waals surface area contributed by atoms with Crippen molar-refractivity contribution in [3.63, 3.8) is 0 Å². The van der Waals surface area contributed by atoms with Gasteiger partial charge in [0.25, 0.3) is 0 Å². The highest BCUT2D eigenvalue weighted by Crippen LogP contribution is 2.40. The molecule has 0 unspecified atom stereocenters. The number of nitrogens with zero attached hydrogens (tertiary/aromatic N) is 3. The van der Waals surface area contributed by atoms with Crippen LogP contribution in [0.4, 0.5) is 10.1 Å². The van der Waals surface area contributed by atoms with Crippen molar-refractivity contribution in [1.82, 2.24) is 9.88 Å². The predicted molar refractivity (Wildman–Crippen MR) is 133 cm³/mol. The number of halogens is 1. The molecule has 3 aromatic rings. The Kier molecular flexibility index (Phi) is 7.48. The van der Waals surface area contributed by atoms with Gasteiger partial charge in [-0.3, -0.25) is 9.88 Å². The number of methoxy groups -OCH3 is 1. The number of piperazine rings is 1. The Morgan fingerprint density at radius 1 is 1.03 bits per heavy atom. The second-order valence-electron chi connectivity index (χ2n) is 8.33. The van der Waals surface area contributed by atoms with Gasteiger partial charge in [0.15, 0.2) is 9.84 Å². The number of sulfone groups is 1. The van der Waals surface area contributed by atoms with Gasteiger partial charge >= 0.3 is 0 Å². The summed E-state index contributed by atoms with van der Waals surface area (Å²) in [4.78, 5) is 9.18. The first kappa shape index (κ1) is 24.2. The first-order valence-corrected chi connectivity index (χ1v) is 13.1. The highest BCUT2D eigenvalue weighted by molar-refractivity contribution is 7.91. The normalized spacial score (nSPS) is 14.9. The Morgan fingerprint density at radius 2 is 1.76 bits per heavy atom. The molecule has 2 aromatic carbocycles. The minimum Gasteiger partial charge on any atom is -0.495 e. The summed E-state index contributed by atoms with van der Waals surface area (Å²) in [6.45, 7) is 5.87. The van der Waals surface area contributed by atoms with Crippen LogP contribution in [0, 0.1) is 5.82 Å². The molecule has 1 aromatic heterocycles. The Balaban J connectivity index is 1.60. The molecule has 180 valence electrons. The van der Waals surface area contributed by atoms with Crippen molar-refractivity contribution >= 4 is 15.5 Å². The third kappa shape index (κ3) is 5.39. The van der Waals surface area contributed by atoms with E-state index in [4.69, 9.17) is 4.74 Å². The number of pyridine rings is 1. The van der Waals surface area contributed by atoms with E-state index in [9.17, 15) is 12.8 Å². The van der Waals surface area contributed by atoms with E-state index < -0.39 is 9.84 Å². The number of rotatable bonds is 8. The van der Waals surface area contributed by atoms with Crippen LogP contribution < -0.4 is 9.64 Å². The summed E-state index contributed by atoms with van der Waals surface area (Å²) >= 11 is 0. The fraction of sp³-hybridized carbons (Fsp3) is 0.346. The van der Waals surface area contributed by atoms with E-state index in [1.54, 1.807) is 25.1 Å². The average molecular weight is 484 g/mol. The molecule has 1 aliphatic rings. The Bertz CT molecular complexity index is 1210. The van der Waals surface area contributed by atoms with Gasteiger partial charge in [0.2, 0.25) is 0 Å². The van der Waals surface area contributed by atoms with E-state index in [1.807, 2.05) is 30.5 Å². The van der Waals surface area contributed by atoms with Crippen LogP contribution in [0.3, 0.4) is 0 Å². The molecule has 1 aliphatic heterocycles. The highest BCUT2D eigenvalue weighted by Gasteiger charge is 2.25. The van der Waals surface area contributed by atoms with Gasteiger partial charge < -0.3 is 9.64 Å². The van der Waals surface area contributed by atoms with Gasteiger partial charge in [-0.2, -0.15) is 0 Å². The summed E-state index contributed by atoms with van der Waals surface area (Å²) in [5.41, 5.74) is 3.27. The van der Waals surface area contributed by atoms with E-state index in [-0.39, 0.29) is 16.5 Å². The molecule has 0 N–H and O–H groups in total. The van der Waals surface area contributed by atoms with Crippen LogP contribution in [0.5, 0.6) is 5.75 Å². The molecule has 0 saturated carbocycles.